The molecule has 5 heteroatoms. The lowest BCUT2D eigenvalue weighted by atomic mass is 9.68. The van der Waals surface area contributed by atoms with Crippen LogP contribution in [0.5, 0.6) is 5.75 Å². The maximum Gasteiger partial charge on any atom is 0.314 e. The SMILES string of the molecule is CCCC[C@H]1CC[C@H](C2CCC(C(=O)Oc3cnc(Cl)c(Cl)c3)CC2)CC1. The van der Waals surface area contributed by atoms with E-state index >= 15 is 0 Å². The number of ether oxygens (including phenoxy) is 1. The maximum absolute atomic E-state index is 12.5. The minimum atomic E-state index is -0.156. The zero-order valence-electron chi connectivity index (χ0n) is 16.3. The van der Waals surface area contributed by atoms with Crippen molar-refractivity contribution in [2.24, 2.45) is 23.7 Å². The van der Waals surface area contributed by atoms with Crippen LogP contribution in [0.25, 0.3) is 0 Å². The van der Waals surface area contributed by atoms with Gasteiger partial charge in [0.25, 0.3) is 0 Å². The van der Waals surface area contributed by atoms with Crippen LogP contribution in [0, 0.1) is 23.7 Å². The van der Waals surface area contributed by atoms with Gasteiger partial charge >= 0.3 is 5.97 Å². The Balaban J connectivity index is 1.42. The van der Waals surface area contributed by atoms with Gasteiger partial charge in [0, 0.05) is 6.07 Å². The number of unbranched alkanes of at least 4 members (excludes halogenated alkanes) is 1. The smallest absolute Gasteiger partial charge is 0.314 e. The minimum Gasteiger partial charge on any atom is -0.425 e. The fourth-order valence-electron chi connectivity index (χ4n) is 4.93. The molecular formula is C22H31Cl2NO2. The van der Waals surface area contributed by atoms with Crippen LogP contribution in [-0.4, -0.2) is 11.0 Å². The van der Waals surface area contributed by atoms with Crippen molar-refractivity contribution in [3.05, 3.63) is 22.4 Å². The van der Waals surface area contributed by atoms with Crippen LogP contribution < -0.4 is 4.74 Å². The molecule has 0 spiro atoms. The molecule has 0 unspecified atom stereocenters. The molecule has 0 saturated heterocycles. The lowest BCUT2D eigenvalue weighted by Crippen LogP contribution is -2.30. The van der Waals surface area contributed by atoms with Crippen LogP contribution in [0.4, 0.5) is 0 Å². The van der Waals surface area contributed by atoms with Crippen molar-refractivity contribution in [1.82, 2.24) is 4.98 Å². The molecule has 0 atom stereocenters. The number of rotatable bonds is 6. The van der Waals surface area contributed by atoms with Gasteiger partial charge in [0.2, 0.25) is 0 Å². The molecule has 3 nitrogen and oxygen atoms in total. The number of carbonyl (C=O) groups is 1. The Morgan fingerprint density at radius 1 is 1.07 bits per heavy atom. The van der Waals surface area contributed by atoms with Crippen LogP contribution >= 0.6 is 23.2 Å². The first-order chi connectivity index (χ1) is 13.1. The third kappa shape index (κ3) is 5.84. The lowest BCUT2D eigenvalue weighted by Gasteiger charge is -2.37. The van der Waals surface area contributed by atoms with Gasteiger partial charge in [0.15, 0.2) is 5.75 Å². The highest BCUT2D eigenvalue weighted by Gasteiger charge is 2.33. The summed E-state index contributed by atoms with van der Waals surface area (Å²) in [5.41, 5.74) is 0. The van der Waals surface area contributed by atoms with E-state index in [1.165, 1.54) is 51.1 Å². The van der Waals surface area contributed by atoms with Crippen molar-refractivity contribution >= 4 is 29.2 Å². The van der Waals surface area contributed by atoms with Crippen molar-refractivity contribution in [1.29, 1.82) is 0 Å². The van der Waals surface area contributed by atoms with E-state index in [4.69, 9.17) is 27.9 Å². The predicted octanol–water partition coefficient (Wildman–Crippen LogP) is 7.10. The minimum absolute atomic E-state index is 0.00315. The molecule has 0 N–H and O–H groups in total. The summed E-state index contributed by atoms with van der Waals surface area (Å²) in [6.07, 6.45) is 15.4. The fraction of sp³-hybridized carbons (Fsp3) is 0.727. The molecule has 1 aromatic rings. The topological polar surface area (TPSA) is 39.2 Å². The molecule has 2 aliphatic carbocycles. The molecule has 0 amide bonds. The van der Waals surface area contributed by atoms with E-state index in [0.717, 1.165) is 43.4 Å². The predicted molar refractivity (Wildman–Crippen MR) is 110 cm³/mol. The van der Waals surface area contributed by atoms with E-state index in [1.54, 1.807) is 6.07 Å². The normalized spacial score (nSPS) is 28.7. The number of aromatic nitrogens is 1. The second-order valence-corrected chi connectivity index (χ2v) is 9.16. The van der Waals surface area contributed by atoms with Crippen molar-refractivity contribution in [3.8, 4) is 5.75 Å². The summed E-state index contributed by atoms with van der Waals surface area (Å²) in [5, 5.41) is 0.529. The Kier molecular flexibility index (Phi) is 7.84. The summed E-state index contributed by atoms with van der Waals surface area (Å²) in [6.45, 7) is 2.28. The first-order valence-electron chi connectivity index (χ1n) is 10.6. The third-order valence-electron chi connectivity index (χ3n) is 6.62. The van der Waals surface area contributed by atoms with E-state index in [-0.39, 0.29) is 17.0 Å². The molecule has 1 heterocycles. The first-order valence-corrected chi connectivity index (χ1v) is 11.3. The second-order valence-electron chi connectivity index (χ2n) is 8.40. The molecular weight excluding hydrogens is 381 g/mol. The number of esters is 1. The monoisotopic (exact) mass is 411 g/mol. The lowest BCUT2D eigenvalue weighted by molar-refractivity contribution is -0.140. The summed E-state index contributed by atoms with van der Waals surface area (Å²) in [7, 11) is 0. The van der Waals surface area contributed by atoms with Gasteiger partial charge in [-0.2, -0.15) is 0 Å². The van der Waals surface area contributed by atoms with E-state index in [1.807, 2.05) is 0 Å². The molecule has 0 aromatic carbocycles. The van der Waals surface area contributed by atoms with Gasteiger partial charge in [-0.15, -0.1) is 0 Å². The van der Waals surface area contributed by atoms with Crippen molar-refractivity contribution < 1.29 is 9.53 Å². The average Bonchev–Trinajstić information content (AvgIpc) is 2.70. The standard InChI is InChI=1S/C22H31Cl2NO2/c1-2-3-4-15-5-7-16(8-6-15)17-9-11-18(12-10-17)22(26)27-19-13-20(23)21(24)25-14-19/h13-18H,2-12H2,1H3/t15-,16-,17?,18?. The highest BCUT2D eigenvalue weighted by atomic mass is 35.5. The number of hydrogen-bond donors (Lipinski definition) is 0. The highest BCUT2D eigenvalue weighted by molar-refractivity contribution is 6.41. The van der Waals surface area contributed by atoms with Gasteiger partial charge in [-0.05, 0) is 56.3 Å². The molecule has 0 radical (unpaired) electrons. The number of pyridine rings is 1. The number of halogens is 2. The second kappa shape index (κ2) is 10.1. The molecule has 0 aliphatic heterocycles. The zero-order chi connectivity index (χ0) is 19.2. The average molecular weight is 412 g/mol. The van der Waals surface area contributed by atoms with E-state index in [9.17, 15) is 4.79 Å². The van der Waals surface area contributed by atoms with Crippen LogP contribution in [0.1, 0.15) is 77.6 Å². The molecule has 150 valence electrons. The third-order valence-corrected chi connectivity index (χ3v) is 7.30. The van der Waals surface area contributed by atoms with Gasteiger partial charge in [-0.3, -0.25) is 4.79 Å². The van der Waals surface area contributed by atoms with Crippen LogP contribution in [-0.2, 0) is 4.79 Å². The van der Waals surface area contributed by atoms with Crippen molar-refractivity contribution in [2.75, 3.05) is 0 Å². The van der Waals surface area contributed by atoms with Gasteiger partial charge in [-0.25, -0.2) is 4.98 Å². The Morgan fingerprint density at radius 3 is 2.30 bits per heavy atom. The Hall–Kier alpha value is -0.800. The fourth-order valence-corrected chi connectivity index (χ4v) is 5.19. The van der Waals surface area contributed by atoms with Gasteiger partial charge in [0.1, 0.15) is 5.15 Å². The van der Waals surface area contributed by atoms with Crippen LogP contribution in [0.2, 0.25) is 10.2 Å². The molecule has 27 heavy (non-hydrogen) atoms. The summed E-state index contributed by atoms with van der Waals surface area (Å²) in [6, 6.07) is 1.55. The summed E-state index contributed by atoms with van der Waals surface area (Å²) in [4.78, 5) is 16.4. The number of hydrogen-bond acceptors (Lipinski definition) is 3. The van der Waals surface area contributed by atoms with E-state index < -0.39 is 0 Å². The Bertz CT molecular complexity index is 621. The number of carbonyl (C=O) groups excluding carboxylic acids is 1. The molecule has 0 bridgehead atoms. The molecule has 2 fully saturated rings. The van der Waals surface area contributed by atoms with Gasteiger partial charge in [0.05, 0.1) is 17.1 Å². The first kappa shape index (κ1) is 20.9. The number of nitrogens with zero attached hydrogens (tertiary/aromatic N) is 1. The van der Waals surface area contributed by atoms with Crippen LogP contribution in [0.3, 0.4) is 0 Å². The van der Waals surface area contributed by atoms with E-state index in [0.29, 0.717) is 10.8 Å². The quantitative estimate of drug-likeness (QED) is 0.370. The largest absolute Gasteiger partial charge is 0.425 e. The summed E-state index contributed by atoms with van der Waals surface area (Å²) < 4.78 is 5.48. The zero-order valence-corrected chi connectivity index (χ0v) is 17.8. The van der Waals surface area contributed by atoms with Gasteiger partial charge in [-0.1, -0.05) is 62.2 Å². The Morgan fingerprint density at radius 2 is 1.70 bits per heavy atom. The van der Waals surface area contributed by atoms with Crippen molar-refractivity contribution in [3.63, 3.8) is 0 Å². The highest BCUT2D eigenvalue weighted by Crippen LogP contribution is 2.42. The van der Waals surface area contributed by atoms with E-state index in [2.05, 4.69) is 11.9 Å². The van der Waals surface area contributed by atoms with Crippen LogP contribution in [0.15, 0.2) is 12.3 Å². The van der Waals surface area contributed by atoms with Gasteiger partial charge < -0.3 is 4.74 Å². The van der Waals surface area contributed by atoms with Crippen molar-refractivity contribution in [2.45, 2.75) is 77.6 Å². The molecule has 3 rings (SSSR count). The molecule has 2 saturated carbocycles. The molecule has 1 aromatic heterocycles. The Labute approximate surface area is 173 Å². The summed E-state index contributed by atoms with van der Waals surface area (Å²) in [5.74, 6) is 2.86. The summed E-state index contributed by atoms with van der Waals surface area (Å²) >= 11 is 11.7. The molecule has 2 aliphatic rings. The maximum atomic E-state index is 12.5.